The van der Waals surface area contributed by atoms with Crippen molar-refractivity contribution in [1.29, 1.82) is 0 Å². The summed E-state index contributed by atoms with van der Waals surface area (Å²) >= 11 is 0. The quantitative estimate of drug-likeness (QED) is 0.812. The van der Waals surface area contributed by atoms with Crippen molar-refractivity contribution in [3.63, 3.8) is 0 Å². The van der Waals surface area contributed by atoms with Gasteiger partial charge in [0, 0.05) is 23.6 Å². The lowest BCUT2D eigenvalue weighted by Gasteiger charge is -2.37. The molecule has 2 fully saturated rings. The first-order valence-electron chi connectivity index (χ1n) is 8.77. The number of nitrogens with zero attached hydrogens (tertiary/aromatic N) is 4. The largest absolute Gasteiger partial charge is 0.380 e. The summed E-state index contributed by atoms with van der Waals surface area (Å²) in [6.45, 7) is 4.82. The lowest BCUT2D eigenvalue weighted by atomic mass is 9.89. The Morgan fingerprint density at radius 1 is 1.37 bits per heavy atom. The second kappa shape index (κ2) is 6.97. The van der Waals surface area contributed by atoms with Crippen molar-refractivity contribution in [3.8, 4) is 0 Å². The van der Waals surface area contributed by atoms with Crippen LogP contribution in [-0.4, -0.2) is 58.7 Å². The molecule has 1 aromatic carbocycles. The molecule has 2 aromatic rings. The molecule has 1 atom stereocenters. The van der Waals surface area contributed by atoms with Gasteiger partial charge in [-0.1, -0.05) is 18.2 Å². The molecule has 2 saturated heterocycles. The number of morpholine rings is 1. The third-order valence-corrected chi connectivity index (χ3v) is 4.87. The standard InChI is InChI=1S/C18H20F2N4O3/c1-18(10-26-11-18)9-24-7-15(21-22-24)17(25)23-4-5-27-16(8-23)13-3-2-12(19)6-14(13)20/h2-3,6-7,16H,4-5,8-11H2,1H3. The van der Waals surface area contributed by atoms with E-state index in [4.69, 9.17) is 9.47 Å². The number of carbonyl (C=O) groups is 1. The zero-order valence-corrected chi connectivity index (χ0v) is 14.9. The Morgan fingerprint density at radius 2 is 2.19 bits per heavy atom. The molecular weight excluding hydrogens is 358 g/mol. The van der Waals surface area contributed by atoms with Crippen molar-refractivity contribution in [1.82, 2.24) is 19.9 Å². The fourth-order valence-corrected chi connectivity index (χ4v) is 3.35. The van der Waals surface area contributed by atoms with E-state index in [1.165, 1.54) is 12.1 Å². The molecule has 2 aliphatic heterocycles. The minimum atomic E-state index is -0.684. The summed E-state index contributed by atoms with van der Waals surface area (Å²) in [5.41, 5.74) is 0.479. The number of rotatable bonds is 4. The Hall–Kier alpha value is -2.39. The number of benzene rings is 1. The van der Waals surface area contributed by atoms with Crippen LogP contribution in [-0.2, 0) is 16.0 Å². The van der Waals surface area contributed by atoms with Gasteiger partial charge in [-0.15, -0.1) is 5.10 Å². The molecule has 0 radical (unpaired) electrons. The number of carbonyl (C=O) groups excluding carboxylic acids is 1. The van der Waals surface area contributed by atoms with E-state index in [0.717, 1.165) is 6.07 Å². The molecule has 1 aromatic heterocycles. The zero-order valence-electron chi connectivity index (χ0n) is 14.9. The SMILES string of the molecule is CC1(Cn2cc(C(=O)N3CCOC(c4ccc(F)cc4F)C3)nn2)COC1. The maximum Gasteiger partial charge on any atom is 0.276 e. The summed E-state index contributed by atoms with van der Waals surface area (Å²) in [7, 11) is 0. The first-order chi connectivity index (χ1) is 12.9. The second-order valence-electron chi connectivity index (χ2n) is 7.38. The Morgan fingerprint density at radius 3 is 2.89 bits per heavy atom. The Labute approximate surface area is 154 Å². The van der Waals surface area contributed by atoms with Gasteiger partial charge in [0.2, 0.25) is 0 Å². The average Bonchev–Trinajstić information content (AvgIpc) is 3.08. The molecule has 0 aliphatic carbocycles. The molecule has 1 unspecified atom stereocenters. The predicted molar refractivity (Wildman–Crippen MR) is 89.9 cm³/mol. The molecule has 1 amide bonds. The number of ether oxygens (including phenoxy) is 2. The van der Waals surface area contributed by atoms with Crippen LogP contribution >= 0.6 is 0 Å². The van der Waals surface area contributed by atoms with Gasteiger partial charge in [-0.05, 0) is 6.07 Å². The molecule has 0 saturated carbocycles. The average molecular weight is 378 g/mol. The Kier molecular flexibility index (Phi) is 4.65. The van der Waals surface area contributed by atoms with Gasteiger partial charge >= 0.3 is 0 Å². The molecule has 3 heterocycles. The van der Waals surface area contributed by atoms with E-state index < -0.39 is 17.7 Å². The van der Waals surface area contributed by atoms with Gasteiger partial charge in [0.15, 0.2) is 5.69 Å². The third kappa shape index (κ3) is 3.70. The predicted octanol–water partition coefficient (Wildman–Crippen LogP) is 1.81. The molecule has 144 valence electrons. The molecule has 2 aliphatic rings. The summed E-state index contributed by atoms with van der Waals surface area (Å²) in [6.07, 6.45) is 0.971. The zero-order chi connectivity index (χ0) is 19.0. The first-order valence-corrected chi connectivity index (χ1v) is 8.77. The number of amides is 1. The van der Waals surface area contributed by atoms with Gasteiger partial charge in [0.1, 0.15) is 17.7 Å². The number of hydrogen-bond donors (Lipinski definition) is 0. The van der Waals surface area contributed by atoms with Crippen molar-refractivity contribution < 1.29 is 23.0 Å². The first kappa shape index (κ1) is 18.0. The number of halogens is 2. The second-order valence-corrected chi connectivity index (χ2v) is 7.38. The highest BCUT2D eigenvalue weighted by atomic mass is 19.1. The Balaban J connectivity index is 1.45. The molecule has 7 nitrogen and oxygen atoms in total. The van der Waals surface area contributed by atoms with Gasteiger partial charge in [0.25, 0.3) is 5.91 Å². The van der Waals surface area contributed by atoms with Crippen molar-refractivity contribution in [2.45, 2.75) is 19.6 Å². The molecule has 9 heteroatoms. The van der Waals surface area contributed by atoms with E-state index >= 15 is 0 Å². The Bertz CT molecular complexity index is 853. The summed E-state index contributed by atoms with van der Waals surface area (Å²) in [4.78, 5) is 14.3. The minimum Gasteiger partial charge on any atom is -0.380 e. The van der Waals surface area contributed by atoms with Crippen molar-refractivity contribution in [3.05, 3.63) is 47.3 Å². The van der Waals surface area contributed by atoms with Crippen LogP contribution in [0, 0.1) is 17.0 Å². The molecule has 4 rings (SSSR count). The van der Waals surface area contributed by atoms with Gasteiger partial charge in [-0.2, -0.15) is 0 Å². The lowest BCUT2D eigenvalue weighted by molar-refractivity contribution is -0.111. The maximum absolute atomic E-state index is 14.0. The third-order valence-electron chi connectivity index (χ3n) is 4.87. The van der Waals surface area contributed by atoms with E-state index in [-0.39, 0.29) is 35.7 Å². The van der Waals surface area contributed by atoms with Crippen molar-refractivity contribution in [2.75, 3.05) is 32.9 Å². The van der Waals surface area contributed by atoms with Crippen LogP contribution in [0.2, 0.25) is 0 Å². The topological polar surface area (TPSA) is 69.5 Å². The fraction of sp³-hybridized carbons (Fsp3) is 0.500. The van der Waals surface area contributed by atoms with Crippen LogP contribution in [0.4, 0.5) is 8.78 Å². The van der Waals surface area contributed by atoms with E-state index in [0.29, 0.717) is 26.3 Å². The van der Waals surface area contributed by atoms with E-state index in [2.05, 4.69) is 17.2 Å². The van der Waals surface area contributed by atoms with Crippen LogP contribution in [0.5, 0.6) is 0 Å². The van der Waals surface area contributed by atoms with E-state index in [1.807, 2.05) is 0 Å². The molecule has 0 bridgehead atoms. The molecule has 0 spiro atoms. The van der Waals surface area contributed by atoms with Crippen LogP contribution < -0.4 is 0 Å². The lowest BCUT2D eigenvalue weighted by Crippen LogP contribution is -2.43. The molecular formula is C18H20F2N4O3. The van der Waals surface area contributed by atoms with Crippen molar-refractivity contribution in [2.24, 2.45) is 5.41 Å². The normalized spacial score (nSPS) is 21.7. The van der Waals surface area contributed by atoms with E-state index in [1.54, 1.807) is 15.8 Å². The molecule has 0 N–H and O–H groups in total. The molecule has 27 heavy (non-hydrogen) atoms. The fourth-order valence-electron chi connectivity index (χ4n) is 3.35. The van der Waals surface area contributed by atoms with Gasteiger partial charge in [-0.25, -0.2) is 8.78 Å². The summed E-state index contributed by atoms with van der Waals surface area (Å²) in [6, 6.07) is 3.34. The highest BCUT2D eigenvalue weighted by molar-refractivity contribution is 5.92. The van der Waals surface area contributed by atoms with Crippen LogP contribution in [0.3, 0.4) is 0 Å². The van der Waals surface area contributed by atoms with Gasteiger partial charge in [0.05, 0.1) is 39.1 Å². The van der Waals surface area contributed by atoms with Gasteiger partial charge in [-0.3, -0.25) is 9.48 Å². The number of hydrogen-bond acceptors (Lipinski definition) is 5. The van der Waals surface area contributed by atoms with Crippen LogP contribution in [0.25, 0.3) is 0 Å². The van der Waals surface area contributed by atoms with Crippen LogP contribution in [0.1, 0.15) is 29.1 Å². The highest BCUT2D eigenvalue weighted by Crippen LogP contribution is 2.28. The minimum absolute atomic E-state index is 0.0121. The van der Waals surface area contributed by atoms with E-state index in [9.17, 15) is 13.6 Å². The van der Waals surface area contributed by atoms with Gasteiger partial charge < -0.3 is 14.4 Å². The summed E-state index contributed by atoms with van der Waals surface area (Å²) in [5, 5.41) is 8.01. The van der Waals surface area contributed by atoms with Crippen LogP contribution in [0.15, 0.2) is 24.4 Å². The summed E-state index contributed by atoms with van der Waals surface area (Å²) < 4.78 is 39.6. The number of aromatic nitrogens is 3. The maximum atomic E-state index is 14.0. The smallest absolute Gasteiger partial charge is 0.276 e. The van der Waals surface area contributed by atoms with Crippen molar-refractivity contribution >= 4 is 5.91 Å². The highest BCUT2D eigenvalue weighted by Gasteiger charge is 2.35. The summed E-state index contributed by atoms with van der Waals surface area (Å²) in [5.74, 6) is -1.62. The monoisotopic (exact) mass is 378 g/mol.